The molecule has 0 spiro atoms. The second-order valence-corrected chi connectivity index (χ2v) is 3.08. The highest BCUT2D eigenvalue weighted by atomic mass is 16.2. The van der Waals surface area contributed by atoms with Crippen molar-refractivity contribution >= 4 is 11.6 Å². The summed E-state index contributed by atoms with van der Waals surface area (Å²) in [6.07, 6.45) is 0.418. The molecule has 0 atom stereocenters. The first-order valence-corrected chi connectivity index (χ1v) is 4.02. The number of nitriles is 1. The van der Waals surface area contributed by atoms with Crippen molar-refractivity contribution in [2.75, 3.05) is 11.9 Å². The van der Waals surface area contributed by atoms with E-state index in [1.54, 1.807) is 24.1 Å². The lowest BCUT2D eigenvalue weighted by molar-refractivity contribution is -0.117. The first kappa shape index (κ1) is 7.81. The summed E-state index contributed by atoms with van der Waals surface area (Å²) < 4.78 is 0. The van der Waals surface area contributed by atoms with Gasteiger partial charge in [-0.25, -0.2) is 0 Å². The summed E-state index contributed by atoms with van der Waals surface area (Å²) in [5, 5.41) is 8.65. The quantitative estimate of drug-likeness (QED) is 0.587. The van der Waals surface area contributed by atoms with Gasteiger partial charge in [0.25, 0.3) is 0 Å². The minimum Gasteiger partial charge on any atom is -0.315 e. The molecule has 1 heterocycles. The Labute approximate surface area is 76.2 Å². The molecule has 0 saturated carbocycles. The van der Waals surface area contributed by atoms with E-state index < -0.39 is 0 Å². The molecular weight excluding hydrogens is 164 g/mol. The van der Waals surface area contributed by atoms with Crippen LogP contribution >= 0.6 is 0 Å². The van der Waals surface area contributed by atoms with Crippen molar-refractivity contribution in [1.82, 2.24) is 0 Å². The van der Waals surface area contributed by atoms with Gasteiger partial charge in [0.15, 0.2) is 0 Å². The van der Waals surface area contributed by atoms with Crippen molar-refractivity contribution in [3.05, 3.63) is 29.3 Å². The van der Waals surface area contributed by atoms with E-state index in [2.05, 4.69) is 6.07 Å². The third-order valence-corrected chi connectivity index (χ3v) is 2.29. The van der Waals surface area contributed by atoms with Crippen LogP contribution in [0.5, 0.6) is 0 Å². The van der Waals surface area contributed by atoms with Crippen LogP contribution < -0.4 is 4.90 Å². The molecule has 0 radical (unpaired) electrons. The fourth-order valence-electron chi connectivity index (χ4n) is 1.54. The average molecular weight is 172 g/mol. The molecule has 0 aliphatic carbocycles. The van der Waals surface area contributed by atoms with Gasteiger partial charge in [0, 0.05) is 12.7 Å². The number of amides is 1. The molecule has 0 bridgehead atoms. The number of nitrogens with zero attached hydrogens (tertiary/aromatic N) is 2. The Hall–Kier alpha value is -1.82. The van der Waals surface area contributed by atoms with Gasteiger partial charge in [-0.1, -0.05) is 0 Å². The van der Waals surface area contributed by atoms with Crippen LogP contribution in [-0.2, 0) is 11.2 Å². The molecule has 2 rings (SSSR count). The van der Waals surface area contributed by atoms with Crippen LogP contribution in [0, 0.1) is 11.3 Å². The zero-order chi connectivity index (χ0) is 9.42. The van der Waals surface area contributed by atoms with E-state index in [4.69, 9.17) is 5.26 Å². The molecule has 3 nitrogen and oxygen atoms in total. The molecule has 0 aromatic heterocycles. The Balaban J connectivity index is 2.54. The maximum atomic E-state index is 11.3. The lowest BCUT2D eigenvalue weighted by Crippen LogP contribution is -2.20. The van der Waals surface area contributed by atoms with E-state index in [9.17, 15) is 4.79 Å². The van der Waals surface area contributed by atoms with Gasteiger partial charge in [-0.3, -0.25) is 4.79 Å². The molecule has 1 aromatic carbocycles. The van der Waals surface area contributed by atoms with Gasteiger partial charge in [-0.2, -0.15) is 5.26 Å². The zero-order valence-corrected chi connectivity index (χ0v) is 7.24. The van der Waals surface area contributed by atoms with Crippen LogP contribution in [0.3, 0.4) is 0 Å². The van der Waals surface area contributed by atoms with Crippen molar-refractivity contribution in [2.45, 2.75) is 6.42 Å². The predicted molar refractivity (Wildman–Crippen MR) is 48.3 cm³/mol. The second kappa shape index (κ2) is 2.60. The van der Waals surface area contributed by atoms with Crippen LogP contribution in [0.15, 0.2) is 18.2 Å². The molecular formula is C10H8N2O. The van der Waals surface area contributed by atoms with Crippen molar-refractivity contribution in [2.24, 2.45) is 0 Å². The Morgan fingerprint density at radius 1 is 1.54 bits per heavy atom. The normalized spacial score (nSPS) is 14.2. The third kappa shape index (κ3) is 1.07. The number of fused-ring (bicyclic) bond motifs is 1. The van der Waals surface area contributed by atoms with Gasteiger partial charge in [0.05, 0.1) is 18.1 Å². The molecule has 1 aliphatic heterocycles. The van der Waals surface area contributed by atoms with Crippen molar-refractivity contribution in [3.63, 3.8) is 0 Å². The fourth-order valence-corrected chi connectivity index (χ4v) is 1.54. The SMILES string of the molecule is CN1C(=O)Cc2cc(C#N)ccc21. The van der Waals surface area contributed by atoms with Crippen LogP contribution in [0.4, 0.5) is 5.69 Å². The lowest BCUT2D eigenvalue weighted by atomic mass is 10.1. The minimum atomic E-state index is 0.0880. The number of likely N-dealkylation sites (N-methyl/N-ethyl adjacent to an activating group) is 1. The highest BCUT2D eigenvalue weighted by Gasteiger charge is 2.23. The molecule has 0 saturated heterocycles. The maximum absolute atomic E-state index is 11.3. The summed E-state index contributed by atoms with van der Waals surface area (Å²) in [5.74, 6) is 0.0880. The van der Waals surface area contributed by atoms with Crippen LogP contribution in [0.2, 0.25) is 0 Å². The maximum Gasteiger partial charge on any atom is 0.231 e. The van der Waals surface area contributed by atoms with E-state index >= 15 is 0 Å². The zero-order valence-electron chi connectivity index (χ0n) is 7.24. The van der Waals surface area contributed by atoms with E-state index in [-0.39, 0.29) is 5.91 Å². The number of hydrogen-bond acceptors (Lipinski definition) is 2. The van der Waals surface area contributed by atoms with Crippen molar-refractivity contribution < 1.29 is 4.79 Å². The summed E-state index contributed by atoms with van der Waals surface area (Å²) in [4.78, 5) is 12.9. The van der Waals surface area contributed by atoms with Crippen LogP contribution in [0.1, 0.15) is 11.1 Å². The molecule has 0 fully saturated rings. The van der Waals surface area contributed by atoms with Gasteiger partial charge in [-0.05, 0) is 23.8 Å². The first-order chi connectivity index (χ1) is 6.22. The summed E-state index contributed by atoms with van der Waals surface area (Å²) in [6, 6.07) is 7.38. The third-order valence-electron chi connectivity index (χ3n) is 2.29. The fraction of sp³-hybridized carbons (Fsp3) is 0.200. The van der Waals surface area contributed by atoms with Gasteiger partial charge >= 0.3 is 0 Å². The van der Waals surface area contributed by atoms with E-state index in [0.717, 1.165) is 11.3 Å². The highest BCUT2D eigenvalue weighted by molar-refractivity contribution is 6.01. The number of benzene rings is 1. The molecule has 1 aliphatic rings. The highest BCUT2D eigenvalue weighted by Crippen LogP contribution is 2.27. The molecule has 0 N–H and O–H groups in total. The number of anilines is 1. The van der Waals surface area contributed by atoms with Crippen molar-refractivity contribution in [1.29, 1.82) is 5.26 Å². The van der Waals surface area contributed by atoms with Gasteiger partial charge < -0.3 is 4.90 Å². The number of carbonyl (C=O) groups is 1. The van der Waals surface area contributed by atoms with E-state index in [0.29, 0.717) is 12.0 Å². The monoisotopic (exact) mass is 172 g/mol. The average Bonchev–Trinajstić information content (AvgIpc) is 2.42. The summed E-state index contributed by atoms with van der Waals surface area (Å²) >= 11 is 0. The lowest BCUT2D eigenvalue weighted by Gasteiger charge is -2.08. The van der Waals surface area contributed by atoms with Crippen LogP contribution in [-0.4, -0.2) is 13.0 Å². The summed E-state index contributed by atoms with van der Waals surface area (Å²) in [7, 11) is 1.75. The molecule has 3 heteroatoms. The Kier molecular flexibility index (Phi) is 1.56. The minimum absolute atomic E-state index is 0.0880. The standard InChI is InChI=1S/C10H8N2O/c1-12-9-3-2-7(6-11)4-8(9)5-10(12)13/h2-4H,5H2,1H3. The summed E-state index contributed by atoms with van der Waals surface area (Å²) in [5.41, 5.74) is 2.48. The smallest absolute Gasteiger partial charge is 0.231 e. The second-order valence-electron chi connectivity index (χ2n) is 3.08. The number of carbonyl (C=O) groups excluding carboxylic acids is 1. The largest absolute Gasteiger partial charge is 0.315 e. The predicted octanol–water partition coefficient (Wildman–Crippen LogP) is 1.08. The van der Waals surface area contributed by atoms with Crippen LogP contribution in [0.25, 0.3) is 0 Å². The molecule has 1 amide bonds. The van der Waals surface area contributed by atoms with E-state index in [1.165, 1.54) is 0 Å². The number of rotatable bonds is 0. The molecule has 0 unspecified atom stereocenters. The Morgan fingerprint density at radius 3 is 3.00 bits per heavy atom. The molecule has 1 aromatic rings. The number of hydrogen-bond donors (Lipinski definition) is 0. The summed E-state index contributed by atoms with van der Waals surface area (Å²) in [6.45, 7) is 0. The van der Waals surface area contributed by atoms with Gasteiger partial charge in [0.2, 0.25) is 5.91 Å². The first-order valence-electron chi connectivity index (χ1n) is 4.02. The molecule has 64 valence electrons. The Bertz CT molecular complexity index is 417. The topological polar surface area (TPSA) is 44.1 Å². The van der Waals surface area contributed by atoms with Crippen molar-refractivity contribution in [3.8, 4) is 6.07 Å². The van der Waals surface area contributed by atoms with E-state index in [1.807, 2.05) is 6.07 Å². The Morgan fingerprint density at radius 2 is 2.31 bits per heavy atom. The molecule has 13 heavy (non-hydrogen) atoms. The van der Waals surface area contributed by atoms with Gasteiger partial charge in [0.1, 0.15) is 0 Å². The van der Waals surface area contributed by atoms with Gasteiger partial charge in [-0.15, -0.1) is 0 Å².